The minimum absolute atomic E-state index is 0.150. The molecule has 5 heteroatoms. The lowest BCUT2D eigenvalue weighted by Crippen LogP contribution is -2.13. The second-order valence-corrected chi connectivity index (χ2v) is 6.37. The third kappa shape index (κ3) is 3.36. The first-order valence-electron chi connectivity index (χ1n) is 5.09. The van der Waals surface area contributed by atoms with Gasteiger partial charge in [-0.2, -0.15) is 0 Å². The third-order valence-electron chi connectivity index (χ3n) is 2.30. The summed E-state index contributed by atoms with van der Waals surface area (Å²) in [6.45, 7) is 0. The smallest absolute Gasteiger partial charge is 0.256 e. The number of carbonyl (C=O) groups excluding carboxylic acids is 1. The van der Waals surface area contributed by atoms with E-state index in [1.165, 1.54) is 0 Å². The number of rotatable bonds is 2. The van der Waals surface area contributed by atoms with Crippen LogP contribution in [0.25, 0.3) is 0 Å². The average Bonchev–Trinajstić information content (AvgIpc) is 2.33. The molecule has 2 nitrogen and oxygen atoms in total. The van der Waals surface area contributed by atoms with Crippen LogP contribution in [-0.2, 0) is 0 Å². The lowest BCUT2D eigenvalue weighted by Gasteiger charge is -2.08. The zero-order valence-corrected chi connectivity index (χ0v) is 14.2. The van der Waals surface area contributed by atoms with Gasteiger partial charge in [0.2, 0.25) is 0 Å². The van der Waals surface area contributed by atoms with E-state index >= 15 is 0 Å². The number of amides is 1. The quantitative estimate of drug-likeness (QED) is 0.611. The predicted molar refractivity (Wildman–Crippen MR) is 91.3 cm³/mol. The number of anilines is 1. The molecule has 92 valence electrons. The highest BCUT2D eigenvalue weighted by Crippen LogP contribution is 2.24. The van der Waals surface area contributed by atoms with E-state index < -0.39 is 0 Å². The number of benzene rings is 2. The molecule has 0 fully saturated rings. The Labute approximate surface area is 137 Å². The molecule has 0 atom stereocenters. The molecule has 0 unspecified atom stereocenters. The van der Waals surface area contributed by atoms with E-state index in [1.807, 2.05) is 30.3 Å². The molecule has 1 N–H and O–H groups in total. The molecule has 2 aromatic rings. The fourth-order valence-corrected chi connectivity index (χ4v) is 2.96. The fraction of sp³-hybridized carbons (Fsp3) is 0. The van der Waals surface area contributed by atoms with Gasteiger partial charge in [0.15, 0.2) is 0 Å². The largest absolute Gasteiger partial charge is 0.321 e. The number of nitrogens with one attached hydrogen (secondary N) is 1. The van der Waals surface area contributed by atoms with Crippen LogP contribution in [0.2, 0.25) is 5.02 Å². The van der Waals surface area contributed by atoms with Crippen molar-refractivity contribution in [3.05, 3.63) is 60.2 Å². The molecule has 2 aromatic carbocycles. The van der Waals surface area contributed by atoms with Gasteiger partial charge in [0.25, 0.3) is 5.91 Å². The molecular weight excluding hydrogens is 475 g/mol. The van der Waals surface area contributed by atoms with Gasteiger partial charge in [-0.25, -0.2) is 0 Å². The van der Waals surface area contributed by atoms with E-state index in [0.29, 0.717) is 16.3 Å². The standard InChI is InChI=1S/C13H8ClI2NO/c14-10-7-8(15)5-6-12(10)17-13(18)9-3-1-2-4-11(9)16/h1-7H,(H,17,18). The second-order valence-electron chi connectivity index (χ2n) is 3.56. The molecule has 0 bridgehead atoms. The van der Waals surface area contributed by atoms with Crippen molar-refractivity contribution in [2.75, 3.05) is 5.32 Å². The van der Waals surface area contributed by atoms with Crippen molar-refractivity contribution < 1.29 is 4.79 Å². The first-order chi connectivity index (χ1) is 8.58. The van der Waals surface area contributed by atoms with Gasteiger partial charge in [0, 0.05) is 7.14 Å². The van der Waals surface area contributed by atoms with Gasteiger partial charge < -0.3 is 5.32 Å². The minimum Gasteiger partial charge on any atom is -0.321 e. The SMILES string of the molecule is O=C(Nc1ccc(I)cc1Cl)c1ccccc1I. The first-order valence-corrected chi connectivity index (χ1v) is 7.62. The van der Waals surface area contributed by atoms with Crippen molar-refractivity contribution in [2.24, 2.45) is 0 Å². The summed E-state index contributed by atoms with van der Waals surface area (Å²) in [5, 5.41) is 3.36. The maximum Gasteiger partial charge on any atom is 0.256 e. The number of hydrogen-bond acceptors (Lipinski definition) is 1. The van der Waals surface area contributed by atoms with Crippen molar-refractivity contribution in [3.8, 4) is 0 Å². The zero-order chi connectivity index (χ0) is 13.1. The normalized spacial score (nSPS) is 10.2. The molecule has 0 spiro atoms. The average molecular weight is 483 g/mol. The summed E-state index contributed by atoms with van der Waals surface area (Å²) < 4.78 is 1.94. The van der Waals surface area contributed by atoms with Crippen LogP contribution in [0.3, 0.4) is 0 Å². The van der Waals surface area contributed by atoms with E-state index in [-0.39, 0.29) is 5.91 Å². The van der Waals surface area contributed by atoms with E-state index in [0.717, 1.165) is 7.14 Å². The fourth-order valence-electron chi connectivity index (χ4n) is 1.43. The first kappa shape index (κ1) is 14.1. The van der Waals surface area contributed by atoms with Gasteiger partial charge >= 0.3 is 0 Å². The van der Waals surface area contributed by atoms with E-state index in [1.54, 1.807) is 12.1 Å². The third-order valence-corrected chi connectivity index (χ3v) is 4.22. The number of halogens is 3. The monoisotopic (exact) mass is 483 g/mol. The Morgan fingerprint density at radius 3 is 2.50 bits per heavy atom. The summed E-state index contributed by atoms with van der Waals surface area (Å²) in [5.41, 5.74) is 1.27. The molecule has 1 amide bonds. The number of hydrogen-bond donors (Lipinski definition) is 1. The lowest BCUT2D eigenvalue weighted by molar-refractivity contribution is 0.102. The Bertz CT molecular complexity index is 601. The molecule has 0 aliphatic heterocycles. The molecule has 0 radical (unpaired) electrons. The molecule has 0 aliphatic carbocycles. The van der Waals surface area contributed by atoms with Crippen LogP contribution >= 0.6 is 56.8 Å². The predicted octanol–water partition coefficient (Wildman–Crippen LogP) is 4.80. The van der Waals surface area contributed by atoms with Gasteiger partial charge in [-0.3, -0.25) is 4.79 Å². The molecule has 0 aliphatic rings. The summed E-state index contributed by atoms with van der Waals surface area (Å²) in [7, 11) is 0. The van der Waals surface area contributed by atoms with E-state index in [4.69, 9.17) is 11.6 Å². The highest BCUT2D eigenvalue weighted by molar-refractivity contribution is 14.1. The molecule has 2 rings (SSSR count). The van der Waals surface area contributed by atoms with Gasteiger partial charge in [0.05, 0.1) is 16.3 Å². The Morgan fingerprint density at radius 1 is 1.11 bits per heavy atom. The van der Waals surface area contributed by atoms with Crippen LogP contribution in [-0.4, -0.2) is 5.91 Å². The molecule has 0 aromatic heterocycles. The van der Waals surface area contributed by atoms with Gasteiger partial charge in [-0.1, -0.05) is 23.7 Å². The molecule has 0 saturated heterocycles. The molecular formula is C13H8ClI2NO. The minimum atomic E-state index is -0.150. The zero-order valence-electron chi connectivity index (χ0n) is 9.08. The van der Waals surface area contributed by atoms with Crippen LogP contribution in [0.4, 0.5) is 5.69 Å². The second kappa shape index (κ2) is 6.21. The Kier molecular flexibility index (Phi) is 4.85. The maximum atomic E-state index is 12.1. The highest BCUT2D eigenvalue weighted by Gasteiger charge is 2.11. The summed E-state index contributed by atoms with van der Waals surface area (Å²) in [5.74, 6) is -0.150. The van der Waals surface area contributed by atoms with Crippen LogP contribution < -0.4 is 5.32 Å². The van der Waals surface area contributed by atoms with Crippen LogP contribution in [0.5, 0.6) is 0 Å². The molecule has 18 heavy (non-hydrogen) atoms. The van der Waals surface area contributed by atoms with E-state index in [2.05, 4.69) is 50.5 Å². The topological polar surface area (TPSA) is 29.1 Å². The summed E-state index contributed by atoms with van der Waals surface area (Å²) in [4.78, 5) is 12.1. The van der Waals surface area contributed by atoms with Gasteiger partial charge in [0.1, 0.15) is 0 Å². The molecule has 0 heterocycles. The van der Waals surface area contributed by atoms with Crippen molar-refractivity contribution in [1.82, 2.24) is 0 Å². The van der Waals surface area contributed by atoms with Crippen molar-refractivity contribution >= 4 is 68.4 Å². The highest BCUT2D eigenvalue weighted by atomic mass is 127. The van der Waals surface area contributed by atoms with Gasteiger partial charge in [-0.05, 0) is 75.5 Å². The Hall–Kier alpha value is -0.340. The Balaban J connectivity index is 2.24. The summed E-state index contributed by atoms with van der Waals surface area (Å²) in [6, 6.07) is 12.9. The number of carbonyl (C=O) groups is 1. The maximum absolute atomic E-state index is 12.1. The summed E-state index contributed by atoms with van der Waals surface area (Å²) in [6.07, 6.45) is 0. The van der Waals surface area contributed by atoms with Crippen molar-refractivity contribution in [3.63, 3.8) is 0 Å². The van der Waals surface area contributed by atoms with Crippen LogP contribution in [0.1, 0.15) is 10.4 Å². The van der Waals surface area contributed by atoms with Crippen LogP contribution in [0.15, 0.2) is 42.5 Å². The van der Waals surface area contributed by atoms with Crippen molar-refractivity contribution in [1.29, 1.82) is 0 Å². The molecule has 0 saturated carbocycles. The summed E-state index contributed by atoms with van der Waals surface area (Å²) >= 11 is 10.4. The van der Waals surface area contributed by atoms with Crippen molar-refractivity contribution in [2.45, 2.75) is 0 Å². The van der Waals surface area contributed by atoms with E-state index in [9.17, 15) is 4.79 Å². The lowest BCUT2D eigenvalue weighted by atomic mass is 10.2. The van der Waals surface area contributed by atoms with Gasteiger partial charge in [-0.15, -0.1) is 0 Å². The van der Waals surface area contributed by atoms with Crippen LogP contribution in [0, 0.1) is 7.14 Å². The Morgan fingerprint density at radius 2 is 1.83 bits per heavy atom.